The summed E-state index contributed by atoms with van der Waals surface area (Å²) in [6.07, 6.45) is 3.82. The highest BCUT2D eigenvalue weighted by molar-refractivity contribution is 5.77. The van der Waals surface area contributed by atoms with Gasteiger partial charge >= 0.3 is 0 Å². The third kappa shape index (κ3) is 4.94. The van der Waals surface area contributed by atoms with Crippen LogP contribution in [0.4, 0.5) is 0 Å². The van der Waals surface area contributed by atoms with E-state index in [1.807, 2.05) is 0 Å². The third-order valence-electron chi connectivity index (χ3n) is 3.07. The van der Waals surface area contributed by atoms with Gasteiger partial charge in [-0.2, -0.15) is 0 Å². The molecule has 0 saturated heterocycles. The first-order valence-corrected chi connectivity index (χ1v) is 6.22. The molecule has 4 heteroatoms. The van der Waals surface area contributed by atoms with Gasteiger partial charge in [-0.1, -0.05) is 13.8 Å². The Balaban J connectivity index is 1.97. The van der Waals surface area contributed by atoms with Gasteiger partial charge in [0.25, 0.3) is 0 Å². The van der Waals surface area contributed by atoms with E-state index in [4.69, 9.17) is 0 Å². The Labute approximate surface area is 97.8 Å². The lowest BCUT2D eigenvalue weighted by Gasteiger charge is -2.36. The van der Waals surface area contributed by atoms with Crippen molar-refractivity contribution in [2.75, 3.05) is 19.6 Å². The van der Waals surface area contributed by atoms with Gasteiger partial charge in [-0.3, -0.25) is 4.79 Å². The van der Waals surface area contributed by atoms with Crippen LogP contribution in [-0.2, 0) is 4.79 Å². The first-order chi connectivity index (χ1) is 7.52. The molecule has 1 aliphatic carbocycles. The molecule has 94 valence electrons. The van der Waals surface area contributed by atoms with Gasteiger partial charge in [0.1, 0.15) is 0 Å². The van der Waals surface area contributed by atoms with Gasteiger partial charge in [0.05, 0.1) is 12.1 Å². The summed E-state index contributed by atoms with van der Waals surface area (Å²) in [6.45, 7) is 5.85. The minimum atomic E-state index is -0.543. The predicted molar refractivity (Wildman–Crippen MR) is 64.1 cm³/mol. The Morgan fingerprint density at radius 1 is 1.44 bits per heavy atom. The summed E-state index contributed by atoms with van der Waals surface area (Å²) in [5.41, 5.74) is -0.543. The summed E-state index contributed by atoms with van der Waals surface area (Å²) in [4.78, 5) is 11.4. The van der Waals surface area contributed by atoms with Gasteiger partial charge < -0.3 is 15.7 Å². The van der Waals surface area contributed by atoms with Gasteiger partial charge in [-0.05, 0) is 31.6 Å². The molecule has 0 bridgehead atoms. The summed E-state index contributed by atoms with van der Waals surface area (Å²) in [5, 5.41) is 15.6. The number of carbonyl (C=O) groups is 1. The summed E-state index contributed by atoms with van der Waals surface area (Å²) in [5.74, 6) is 0.632. The fourth-order valence-corrected chi connectivity index (χ4v) is 1.73. The highest BCUT2D eigenvalue weighted by Gasteiger charge is 2.33. The van der Waals surface area contributed by atoms with E-state index >= 15 is 0 Å². The number of hydrogen-bond donors (Lipinski definition) is 3. The number of nitrogens with one attached hydrogen (secondary N) is 2. The highest BCUT2D eigenvalue weighted by atomic mass is 16.3. The van der Waals surface area contributed by atoms with Crippen LogP contribution < -0.4 is 10.6 Å². The van der Waals surface area contributed by atoms with Crippen molar-refractivity contribution in [3.63, 3.8) is 0 Å². The van der Waals surface area contributed by atoms with Gasteiger partial charge in [0.2, 0.25) is 5.91 Å². The van der Waals surface area contributed by atoms with Gasteiger partial charge in [-0.25, -0.2) is 0 Å². The zero-order valence-corrected chi connectivity index (χ0v) is 10.4. The van der Waals surface area contributed by atoms with E-state index in [1.54, 1.807) is 0 Å². The van der Waals surface area contributed by atoms with Crippen molar-refractivity contribution in [1.29, 1.82) is 0 Å². The van der Waals surface area contributed by atoms with Crippen molar-refractivity contribution < 1.29 is 9.90 Å². The average Bonchev–Trinajstić information content (AvgIpc) is 2.14. The van der Waals surface area contributed by atoms with E-state index in [1.165, 1.54) is 0 Å². The molecule has 0 spiro atoms. The Bertz CT molecular complexity index is 225. The molecule has 1 amide bonds. The smallest absolute Gasteiger partial charge is 0.233 e. The lowest BCUT2D eigenvalue weighted by molar-refractivity contribution is -0.120. The van der Waals surface area contributed by atoms with Crippen molar-refractivity contribution in [2.45, 2.75) is 45.1 Å². The topological polar surface area (TPSA) is 61.4 Å². The first kappa shape index (κ1) is 13.5. The molecular formula is C12H24N2O2. The number of carbonyl (C=O) groups excluding carboxylic acids is 1. The average molecular weight is 228 g/mol. The van der Waals surface area contributed by atoms with E-state index < -0.39 is 5.60 Å². The molecule has 0 atom stereocenters. The largest absolute Gasteiger partial charge is 0.389 e. The van der Waals surface area contributed by atoms with Crippen LogP contribution in [0.1, 0.15) is 39.5 Å². The molecule has 0 unspecified atom stereocenters. The maximum atomic E-state index is 11.4. The van der Waals surface area contributed by atoms with Crippen LogP contribution in [0.3, 0.4) is 0 Å². The number of hydrogen-bond acceptors (Lipinski definition) is 3. The molecule has 3 N–H and O–H groups in total. The van der Waals surface area contributed by atoms with Gasteiger partial charge in [0.15, 0.2) is 0 Å². The third-order valence-corrected chi connectivity index (χ3v) is 3.07. The molecule has 1 saturated carbocycles. The molecule has 1 rings (SSSR count). The van der Waals surface area contributed by atoms with Crippen LogP contribution in [-0.4, -0.2) is 36.2 Å². The summed E-state index contributed by atoms with van der Waals surface area (Å²) < 4.78 is 0. The van der Waals surface area contributed by atoms with Crippen molar-refractivity contribution >= 4 is 5.91 Å². The van der Waals surface area contributed by atoms with Crippen LogP contribution in [0.25, 0.3) is 0 Å². The zero-order chi connectivity index (χ0) is 12.0. The Morgan fingerprint density at radius 2 is 2.12 bits per heavy atom. The number of rotatable bonds is 7. The highest BCUT2D eigenvalue weighted by Crippen LogP contribution is 2.30. The SMILES string of the molecule is CC(C)CCNC(=O)CNCC1(O)CCC1. The van der Waals surface area contributed by atoms with Crippen LogP contribution in [0, 0.1) is 5.92 Å². The van der Waals surface area contributed by atoms with Crippen molar-refractivity contribution in [3.05, 3.63) is 0 Å². The molecule has 0 aromatic heterocycles. The fraction of sp³-hybridized carbons (Fsp3) is 0.917. The second-order valence-corrected chi connectivity index (χ2v) is 5.21. The van der Waals surface area contributed by atoms with E-state index in [0.717, 1.165) is 32.2 Å². The van der Waals surface area contributed by atoms with Crippen LogP contribution >= 0.6 is 0 Å². The minimum absolute atomic E-state index is 0.0172. The first-order valence-electron chi connectivity index (χ1n) is 6.22. The standard InChI is InChI=1S/C12H24N2O2/c1-10(2)4-7-14-11(15)8-13-9-12(16)5-3-6-12/h10,13,16H,3-9H2,1-2H3,(H,14,15). The second-order valence-electron chi connectivity index (χ2n) is 5.21. The zero-order valence-electron chi connectivity index (χ0n) is 10.4. The molecule has 1 aliphatic rings. The molecule has 0 aliphatic heterocycles. The van der Waals surface area contributed by atoms with Crippen LogP contribution in [0.2, 0.25) is 0 Å². The molecule has 1 fully saturated rings. The van der Waals surface area contributed by atoms with Crippen molar-refractivity contribution in [2.24, 2.45) is 5.92 Å². The van der Waals surface area contributed by atoms with Crippen LogP contribution in [0.5, 0.6) is 0 Å². The molecule has 4 nitrogen and oxygen atoms in total. The van der Waals surface area contributed by atoms with Gasteiger partial charge in [0, 0.05) is 13.1 Å². The van der Waals surface area contributed by atoms with Crippen molar-refractivity contribution in [3.8, 4) is 0 Å². The van der Waals surface area contributed by atoms with E-state index in [9.17, 15) is 9.90 Å². The van der Waals surface area contributed by atoms with Gasteiger partial charge in [-0.15, -0.1) is 0 Å². The maximum Gasteiger partial charge on any atom is 0.233 e. The molecule has 0 aromatic carbocycles. The minimum Gasteiger partial charge on any atom is -0.389 e. The molecule has 0 radical (unpaired) electrons. The lowest BCUT2D eigenvalue weighted by Crippen LogP contribution is -2.48. The van der Waals surface area contributed by atoms with E-state index in [0.29, 0.717) is 19.0 Å². The van der Waals surface area contributed by atoms with E-state index in [2.05, 4.69) is 24.5 Å². The molecule has 0 heterocycles. The quantitative estimate of drug-likeness (QED) is 0.599. The Hall–Kier alpha value is -0.610. The van der Waals surface area contributed by atoms with E-state index in [-0.39, 0.29) is 5.91 Å². The fourth-order valence-electron chi connectivity index (χ4n) is 1.73. The monoisotopic (exact) mass is 228 g/mol. The summed E-state index contributed by atoms with van der Waals surface area (Å²) >= 11 is 0. The normalized spacial score (nSPS) is 18.2. The lowest BCUT2D eigenvalue weighted by atomic mass is 9.80. The molecular weight excluding hydrogens is 204 g/mol. The molecule has 16 heavy (non-hydrogen) atoms. The van der Waals surface area contributed by atoms with Crippen molar-refractivity contribution in [1.82, 2.24) is 10.6 Å². The second kappa shape index (κ2) is 6.21. The summed E-state index contributed by atoms with van der Waals surface area (Å²) in [7, 11) is 0. The predicted octanol–water partition coefficient (Wildman–Crippen LogP) is 0.653. The Kier molecular flexibility index (Phi) is 5.22. The van der Waals surface area contributed by atoms with Crippen LogP contribution in [0.15, 0.2) is 0 Å². The maximum absolute atomic E-state index is 11.4. The number of aliphatic hydroxyl groups is 1. The summed E-state index contributed by atoms with van der Waals surface area (Å²) in [6, 6.07) is 0. The molecule has 0 aromatic rings. The Morgan fingerprint density at radius 3 is 2.62 bits per heavy atom. The number of amides is 1.